The monoisotopic (exact) mass is 447 g/mol. The predicted molar refractivity (Wildman–Crippen MR) is 106 cm³/mol. The molecule has 5 nitrogen and oxygen atoms in total. The van der Waals surface area contributed by atoms with E-state index in [1.807, 2.05) is 0 Å². The van der Waals surface area contributed by atoms with Crippen LogP contribution in [0.5, 0.6) is 0 Å². The second kappa shape index (κ2) is 8.10. The second-order valence-corrected chi connectivity index (χ2v) is 7.74. The summed E-state index contributed by atoms with van der Waals surface area (Å²) in [5.41, 5.74) is -0.225. The SMILES string of the molecule is CN(C)c1n[nH]c(Nc2cc(Cl)c(Sc3ccccc3C(F)(F)F)c(Cl)c2)n1. The van der Waals surface area contributed by atoms with Crippen molar-refractivity contribution in [2.24, 2.45) is 0 Å². The number of hydrogen-bond acceptors (Lipinski definition) is 5. The largest absolute Gasteiger partial charge is 0.417 e. The summed E-state index contributed by atoms with van der Waals surface area (Å²) < 4.78 is 39.6. The van der Waals surface area contributed by atoms with Gasteiger partial charge in [-0.1, -0.05) is 47.1 Å². The molecule has 0 radical (unpaired) electrons. The highest BCUT2D eigenvalue weighted by Gasteiger charge is 2.33. The first-order chi connectivity index (χ1) is 13.1. The van der Waals surface area contributed by atoms with Crippen LogP contribution in [0.2, 0.25) is 10.0 Å². The maximum Gasteiger partial charge on any atom is 0.417 e. The highest BCUT2D eigenvalue weighted by Crippen LogP contribution is 2.45. The van der Waals surface area contributed by atoms with E-state index in [2.05, 4.69) is 20.5 Å². The van der Waals surface area contributed by atoms with Crippen molar-refractivity contribution in [2.45, 2.75) is 16.0 Å². The van der Waals surface area contributed by atoms with E-state index >= 15 is 0 Å². The number of nitrogens with one attached hydrogen (secondary N) is 2. The van der Waals surface area contributed by atoms with Crippen molar-refractivity contribution in [2.75, 3.05) is 24.3 Å². The Balaban J connectivity index is 1.87. The summed E-state index contributed by atoms with van der Waals surface area (Å²) in [6.45, 7) is 0. The molecule has 0 bridgehead atoms. The number of alkyl halides is 3. The van der Waals surface area contributed by atoms with Crippen LogP contribution < -0.4 is 10.2 Å². The van der Waals surface area contributed by atoms with Gasteiger partial charge in [0.2, 0.25) is 11.9 Å². The molecule has 28 heavy (non-hydrogen) atoms. The van der Waals surface area contributed by atoms with Gasteiger partial charge in [0.25, 0.3) is 0 Å². The minimum absolute atomic E-state index is 0.0189. The fraction of sp³-hybridized carbons (Fsp3) is 0.176. The molecule has 0 atom stereocenters. The van der Waals surface area contributed by atoms with Gasteiger partial charge in [0.1, 0.15) is 0 Å². The number of rotatable bonds is 5. The quantitative estimate of drug-likeness (QED) is 0.495. The van der Waals surface area contributed by atoms with Crippen LogP contribution in [0.1, 0.15) is 5.56 Å². The first-order valence-electron chi connectivity index (χ1n) is 7.85. The third-order valence-corrected chi connectivity index (χ3v) is 5.58. The molecule has 0 saturated carbocycles. The van der Waals surface area contributed by atoms with Gasteiger partial charge in [-0.3, -0.25) is 0 Å². The smallest absolute Gasteiger partial charge is 0.346 e. The van der Waals surface area contributed by atoms with Crippen LogP contribution in [0.25, 0.3) is 0 Å². The Bertz CT molecular complexity index is 968. The summed E-state index contributed by atoms with van der Waals surface area (Å²) in [6.07, 6.45) is -4.47. The van der Waals surface area contributed by atoms with E-state index in [1.54, 1.807) is 31.1 Å². The Labute approximate surface area is 173 Å². The van der Waals surface area contributed by atoms with Gasteiger partial charge < -0.3 is 10.2 Å². The minimum Gasteiger partial charge on any atom is -0.346 e. The van der Waals surface area contributed by atoms with E-state index in [0.29, 0.717) is 22.5 Å². The lowest BCUT2D eigenvalue weighted by Gasteiger charge is -2.14. The molecule has 2 aromatic carbocycles. The molecule has 2 N–H and O–H groups in total. The Morgan fingerprint density at radius 1 is 1.11 bits per heavy atom. The molecule has 0 aliphatic rings. The molecule has 0 aliphatic carbocycles. The van der Waals surface area contributed by atoms with Gasteiger partial charge >= 0.3 is 6.18 Å². The zero-order chi connectivity index (χ0) is 20.5. The van der Waals surface area contributed by atoms with E-state index in [4.69, 9.17) is 23.2 Å². The molecule has 0 fully saturated rings. The lowest BCUT2D eigenvalue weighted by molar-refractivity contribution is -0.139. The van der Waals surface area contributed by atoms with Crippen molar-refractivity contribution < 1.29 is 13.2 Å². The Kier molecular flexibility index (Phi) is 5.97. The number of nitrogens with zero attached hydrogens (tertiary/aromatic N) is 3. The summed E-state index contributed by atoms with van der Waals surface area (Å²) in [5.74, 6) is 0.856. The van der Waals surface area contributed by atoms with Crippen molar-refractivity contribution in [3.05, 3.63) is 52.0 Å². The molecule has 0 spiro atoms. The van der Waals surface area contributed by atoms with Gasteiger partial charge in [0, 0.05) is 29.6 Å². The third-order valence-electron chi connectivity index (χ3n) is 3.54. The lowest BCUT2D eigenvalue weighted by Crippen LogP contribution is -2.10. The molecule has 1 aromatic heterocycles. The lowest BCUT2D eigenvalue weighted by atomic mass is 10.2. The Hall–Kier alpha value is -2.10. The van der Waals surface area contributed by atoms with Crippen molar-refractivity contribution >= 4 is 52.5 Å². The van der Waals surface area contributed by atoms with Crippen LogP contribution in [0.3, 0.4) is 0 Å². The molecule has 1 heterocycles. The summed E-state index contributed by atoms with van der Waals surface area (Å²) in [7, 11) is 3.59. The number of benzene rings is 2. The normalized spacial score (nSPS) is 11.5. The summed E-state index contributed by atoms with van der Waals surface area (Å²) in [4.78, 5) is 6.30. The fourth-order valence-corrected chi connectivity index (χ4v) is 3.97. The molecule has 0 unspecified atom stereocenters. The van der Waals surface area contributed by atoms with Crippen LogP contribution in [-0.2, 0) is 6.18 Å². The Morgan fingerprint density at radius 2 is 1.75 bits per heavy atom. The van der Waals surface area contributed by atoms with E-state index in [9.17, 15) is 13.2 Å². The van der Waals surface area contributed by atoms with Gasteiger partial charge in [-0.25, -0.2) is 5.10 Å². The van der Waals surface area contributed by atoms with Crippen molar-refractivity contribution in [3.8, 4) is 0 Å². The summed E-state index contributed by atoms with van der Waals surface area (Å²) in [6, 6.07) is 8.38. The molecule has 0 aliphatic heterocycles. The van der Waals surface area contributed by atoms with Crippen molar-refractivity contribution in [1.29, 1.82) is 0 Å². The van der Waals surface area contributed by atoms with Gasteiger partial charge in [-0.15, -0.1) is 5.10 Å². The predicted octanol–water partition coefficient (Wildman–Crippen LogP) is 6.09. The average molecular weight is 448 g/mol. The van der Waals surface area contributed by atoms with E-state index < -0.39 is 11.7 Å². The van der Waals surface area contributed by atoms with Gasteiger partial charge in [-0.2, -0.15) is 18.2 Å². The third kappa shape index (κ3) is 4.65. The van der Waals surface area contributed by atoms with Gasteiger partial charge in [0.15, 0.2) is 0 Å². The first-order valence-corrected chi connectivity index (χ1v) is 9.42. The highest BCUT2D eigenvalue weighted by atomic mass is 35.5. The highest BCUT2D eigenvalue weighted by molar-refractivity contribution is 7.99. The van der Waals surface area contributed by atoms with Gasteiger partial charge in [0.05, 0.1) is 15.6 Å². The van der Waals surface area contributed by atoms with Crippen LogP contribution in [-0.4, -0.2) is 29.3 Å². The van der Waals surface area contributed by atoms with E-state index in [0.717, 1.165) is 17.8 Å². The van der Waals surface area contributed by atoms with Crippen LogP contribution >= 0.6 is 35.0 Å². The Morgan fingerprint density at radius 3 is 2.32 bits per heavy atom. The topological polar surface area (TPSA) is 56.8 Å². The fourth-order valence-electron chi connectivity index (χ4n) is 2.27. The van der Waals surface area contributed by atoms with Crippen molar-refractivity contribution in [1.82, 2.24) is 15.2 Å². The minimum atomic E-state index is -4.47. The molecular weight excluding hydrogens is 434 g/mol. The number of halogens is 5. The van der Waals surface area contributed by atoms with E-state index in [1.165, 1.54) is 18.2 Å². The van der Waals surface area contributed by atoms with Crippen molar-refractivity contribution in [3.63, 3.8) is 0 Å². The van der Waals surface area contributed by atoms with Gasteiger partial charge in [-0.05, 0) is 24.3 Å². The zero-order valence-corrected chi connectivity index (χ0v) is 16.9. The van der Waals surface area contributed by atoms with Crippen LogP contribution in [0.4, 0.5) is 30.8 Å². The number of H-pyrrole nitrogens is 1. The maximum absolute atomic E-state index is 13.2. The summed E-state index contributed by atoms with van der Waals surface area (Å²) in [5, 5.41) is 10.1. The zero-order valence-electron chi connectivity index (χ0n) is 14.6. The number of hydrogen-bond donors (Lipinski definition) is 2. The second-order valence-electron chi connectivity index (χ2n) is 5.87. The average Bonchev–Trinajstić information content (AvgIpc) is 3.06. The molecule has 3 aromatic rings. The molecule has 148 valence electrons. The number of aromatic nitrogens is 3. The molecule has 11 heteroatoms. The molecule has 0 amide bonds. The molecule has 3 rings (SSSR count). The first kappa shape index (κ1) is 20.6. The number of anilines is 3. The van der Waals surface area contributed by atoms with E-state index in [-0.39, 0.29) is 14.9 Å². The maximum atomic E-state index is 13.2. The standard InChI is InChI=1S/C17H14Cl2F3N5S/c1-27(2)16-24-15(25-26-16)23-9-7-11(18)14(12(19)8-9)28-13-6-4-3-5-10(13)17(20,21)22/h3-8H,1-2H3,(H2,23,24,25,26). The summed E-state index contributed by atoms with van der Waals surface area (Å²) >= 11 is 13.4. The van der Waals surface area contributed by atoms with Crippen LogP contribution in [0.15, 0.2) is 46.2 Å². The molecular formula is C17H14Cl2F3N5S. The molecule has 0 saturated heterocycles. The van der Waals surface area contributed by atoms with Crippen LogP contribution in [0, 0.1) is 0 Å². The number of aromatic amines is 1.